The van der Waals surface area contributed by atoms with Crippen LogP contribution in [0.3, 0.4) is 0 Å². The van der Waals surface area contributed by atoms with Crippen molar-refractivity contribution in [3.05, 3.63) is 60.2 Å². The number of rotatable bonds is 5. The Morgan fingerprint density at radius 2 is 2.10 bits per heavy atom. The zero-order valence-electron chi connectivity index (χ0n) is 11.8. The molecule has 0 fully saturated rings. The topological polar surface area (TPSA) is 52.3 Å². The van der Waals surface area contributed by atoms with Gasteiger partial charge in [-0.1, -0.05) is 54.6 Å². The molecule has 0 aliphatic heterocycles. The Hall–Kier alpha value is -1.87. The maximum Gasteiger partial charge on any atom is 0.322 e. The minimum Gasteiger partial charge on any atom is -0.468 e. The van der Waals surface area contributed by atoms with Crippen LogP contribution in [-0.2, 0) is 16.0 Å². The molecule has 2 N–H and O–H groups in total. The number of esters is 1. The molecule has 1 aromatic rings. The van der Waals surface area contributed by atoms with Gasteiger partial charge < -0.3 is 10.5 Å². The monoisotopic (exact) mass is 271 g/mol. The highest BCUT2D eigenvalue weighted by atomic mass is 16.5. The lowest BCUT2D eigenvalue weighted by Gasteiger charge is -2.33. The molecule has 3 heteroatoms. The smallest absolute Gasteiger partial charge is 0.322 e. The Kier molecular flexibility index (Phi) is 4.74. The van der Waals surface area contributed by atoms with Gasteiger partial charge in [0.25, 0.3) is 0 Å². The van der Waals surface area contributed by atoms with Crippen molar-refractivity contribution in [3.63, 3.8) is 0 Å². The van der Waals surface area contributed by atoms with Gasteiger partial charge in [0.05, 0.1) is 7.11 Å². The summed E-state index contributed by atoms with van der Waals surface area (Å²) in [4.78, 5) is 11.6. The van der Waals surface area contributed by atoms with E-state index in [2.05, 4.69) is 24.3 Å². The van der Waals surface area contributed by atoms with Crippen LogP contribution in [0.1, 0.15) is 18.4 Å². The maximum absolute atomic E-state index is 11.6. The minimum absolute atomic E-state index is 0.107. The summed E-state index contributed by atoms with van der Waals surface area (Å²) in [5.74, 6) is -0.347. The van der Waals surface area contributed by atoms with E-state index >= 15 is 0 Å². The number of carbonyl (C=O) groups is 1. The summed E-state index contributed by atoms with van der Waals surface area (Å²) in [6.45, 7) is 0. The zero-order valence-corrected chi connectivity index (χ0v) is 11.8. The summed E-state index contributed by atoms with van der Waals surface area (Å²) in [7, 11) is 1.38. The summed E-state index contributed by atoms with van der Waals surface area (Å²) in [5, 5.41) is 0. The third-order valence-electron chi connectivity index (χ3n) is 3.75. The van der Waals surface area contributed by atoms with E-state index in [0.29, 0.717) is 6.42 Å². The van der Waals surface area contributed by atoms with E-state index in [4.69, 9.17) is 10.5 Å². The van der Waals surface area contributed by atoms with Crippen molar-refractivity contribution in [2.24, 2.45) is 11.1 Å². The molecule has 1 aliphatic rings. The van der Waals surface area contributed by atoms with Crippen molar-refractivity contribution < 1.29 is 9.53 Å². The fourth-order valence-electron chi connectivity index (χ4n) is 2.74. The van der Waals surface area contributed by atoms with Crippen molar-refractivity contribution in [2.45, 2.75) is 25.3 Å². The predicted molar refractivity (Wildman–Crippen MR) is 80.1 cm³/mol. The van der Waals surface area contributed by atoms with Crippen LogP contribution in [0.2, 0.25) is 0 Å². The molecule has 0 aromatic heterocycles. The molecule has 0 bridgehead atoms. The van der Waals surface area contributed by atoms with Gasteiger partial charge in [0.2, 0.25) is 0 Å². The zero-order chi connectivity index (χ0) is 14.4. The van der Waals surface area contributed by atoms with E-state index in [0.717, 1.165) is 12.8 Å². The molecule has 1 unspecified atom stereocenters. The van der Waals surface area contributed by atoms with Crippen molar-refractivity contribution in [3.8, 4) is 0 Å². The number of allylic oxidation sites excluding steroid dienone is 4. The second kappa shape index (κ2) is 6.53. The van der Waals surface area contributed by atoms with Gasteiger partial charge in [-0.3, -0.25) is 4.79 Å². The molecule has 1 aliphatic carbocycles. The Morgan fingerprint density at radius 3 is 2.70 bits per heavy atom. The van der Waals surface area contributed by atoms with E-state index in [1.165, 1.54) is 12.7 Å². The predicted octanol–water partition coefficient (Wildman–Crippen LogP) is 2.62. The van der Waals surface area contributed by atoms with Crippen molar-refractivity contribution in [1.82, 2.24) is 0 Å². The number of hydrogen-bond donors (Lipinski definition) is 1. The highest BCUT2D eigenvalue weighted by molar-refractivity contribution is 5.75. The van der Waals surface area contributed by atoms with Crippen LogP contribution in [0.4, 0.5) is 0 Å². The molecule has 106 valence electrons. The minimum atomic E-state index is -0.583. The van der Waals surface area contributed by atoms with Crippen molar-refractivity contribution >= 4 is 5.97 Å². The van der Waals surface area contributed by atoms with Crippen LogP contribution in [0.5, 0.6) is 0 Å². The molecule has 2 atom stereocenters. The number of nitrogens with two attached hydrogens (primary N) is 1. The number of methoxy groups -OCH3 is 1. The number of benzene rings is 1. The number of carbonyl (C=O) groups excluding carboxylic acids is 1. The summed E-state index contributed by atoms with van der Waals surface area (Å²) < 4.78 is 4.74. The first kappa shape index (κ1) is 14.5. The molecule has 20 heavy (non-hydrogen) atoms. The summed E-state index contributed by atoms with van der Waals surface area (Å²) in [6, 6.07) is 9.71. The molecular formula is C17H21NO2. The SMILES string of the molecule is COC(=O)[C@@H](N)CC1(Cc2ccccc2)C=CC=CC1. The highest BCUT2D eigenvalue weighted by Gasteiger charge is 2.32. The Labute approximate surface area is 120 Å². The van der Waals surface area contributed by atoms with Gasteiger partial charge in [0, 0.05) is 0 Å². The van der Waals surface area contributed by atoms with E-state index in [1.54, 1.807) is 0 Å². The normalized spacial score (nSPS) is 22.5. The second-order valence-electron chi connectivity index (χ2n) is 5.35. The van der Waals surface area contributed by atoms with Gasteiger partial charge in [-0.15, -0.1) is 0 Å². The Bertz CT molecular complexity index is 507. The molecule has 0 heterocycles. The van der Waals surface area contributed by atoms with Crippen LogP contribution in [0.25, 0.3) is 0 Å². The standard InChI is InChI=1S/C17H21NO2/c1-20-16(19)15(18)13-17(10-6-3-7-11-17)12-14-8-4-2-5-9-14/h2-10,15H,11-13,18H2,1H3/t15-,17?/m0/s1. The number of ether oxygens (including phenoxy) is 1. The molecule has 0 saturated carbocycles. The lowest BCUT2D eigenvalue weighted by Crippen LogP contribution is -2.38. The summed E-state index contributed by atoms with van der Waals surface area (Å²) >= 11 is 0. The van der Waals surface area contributed by atoms with Crippen LogP contribution in [-0.4, -0.2) is 19.1 Å². The van der Waals surface area contributed by atoms with Gasteiger partial charge in [-0.2, -0.15) is 0 Å². The lowest BCUT2D eigenvalue weighted by molar-refractivity contribution is -0.142. The average molecular weight is 271 g/mol. The fourth-order valence-corrected chi connectivity index (χ4v) is 2.74. The molecule has 0 saturated heterocycles. The second-order valence-corrected chi connectivity index (χ2v) is 5.35. The first-order chi connectivity index (χ1) is 9.65. The Balaban J connectivity index is 2.16. The van der Waals surface area contributed by atoms with E-state index in [-0.39, 0.29) is 11.4 Å². The van der Waals surface area contributed by atoms with E-state index in [1.807, 2.05) is 30.4 Å². The first-order valence-electron chi connectivity index (χ1n) is 6.87. The highest BCUT2D eigenvalue weighted by Crippen LogP contribution is 2.36. The summed E-state index contributed by atoms with van der Waals surface area (Å²) in [6.07, 6.45) is 10.7. The van der Waals surface area contributed by atoms with Crippen LogP contribution in [0, 0.1) is 5.41 Å². The van der Waals surface area contributed by atoms with Gasteiger partial charge in [0.1, 0.15) is 6.04 Å². The van der Waals surface area contributed by atoms with Crippen LogP contribution in [0.15, 0.2) is 54.6 Å². The molecule has 1 aromatic carbocycles. The fraction of sp³-hybridized carbons (Fsp3) is 0.353. The molecule has 2 rings (SSSR count). The molecular weight excluding hydrogens is 250 g/mol. The van der Waals surface area contributed by atoms with Crippen LogP contribution >= 0.6 is 0 Å². The van der Waals surface area contributed by atoms with Crippen LogP contribution < -0.4 is 5.73 Å². The largest absolute Gasteiger partial charge is 0.468 e. The van der Waals surface area contributed by atoms with Gasteiger partial charge in [0.15, 0.2) is 0 Å². The van der Waals surface area contributed by atoms with E-state index < -0.39 is 6.04 Å². The average Bonchev–Trinajstić information content (AvgIpc) is 2.48. The van der Waals surface area contributed by atoms with E-state index in [9.17, 15) is 4.79 Å². The third-order valence-corrected chi connectivity index (χ3v) is 3.75. The van der Waals surface area contributed by atoms with Crippen molar-refractivity contribution in [2.75, 3.05) is 7.11 Å². The maximum atomic E-state index is 11.6. The molecule has 0 spiro atoms. The van der Waals surface area contributed by atoms with Gasteiger partial charge in [-0.25, -0.2) is 0 Å². The molecule has 3 nitrogen and oxygen atoms in total. The van der Waals surface area contributed by atoms with Gasteiger partial charge >= 0.3 is 5.97 Å². The third kappa shape index (κ3) is 3.58. The van der Waals surface area contributed by atoms with Gasteiger partial charge in [-0.05, 0) is 30.2 Å². The summed E-state index contributed by atoms with van der Waals surface area (Å²) in [5.41, 5.74) is 7.11. The molecule has 0 amide bonds. The first-order valence-corrected chi connectivity index (χ1v) is 6.87. The molecule has 0 radical (unpaired) electrons. The lowest BCUT2D eigenvalue weighted by atomic mass is 9.72. The van der Waals surface area contributed by atoms with Crippen molar-refractivity contribution in [1.29, 1.82) is 0 Å². The Morgan fingerprint density at radius 1 is 1.35 bits per heavy atom. The quantitative estimate of drug-likeness (QED) is 0.838. The number of hydrogen-bond acceptors (Lipinski definition) is 3.